The highest BCUT2D eigenvalue weighted by Gasteiger charge is 2.50. The summed E-state index contributed by atoms with van der Waals surface area (Å²) in [7, 11) is 0. The van der Waals surface area contributed by atoms with Gasteiger partial charge in [0.15, 0.2) is 0 Å². The van der Waals surface area contributed by atoms with Crippen LogP contribution in [0.4, 0.5) is 0 Å². The average Bonchev–Trinajstić information content (AvgIpc) is 2.41. The van der Waals surface area contributed by atoms with Gasteiger partial charge in [-0.3, -0.25) is 0 Å². The predicted octanol–water partition coefficient (Wildman–Crippen LogP) is 2.35. The number of rotatable bonds is 1. The van der Waals surface area contributed by atoms with Crippen LogP contribution in [-0.4, -0.2) is 11.7 Å². The van der Waals surface area contributed by atoms with Gasteiger partial charge in [-0.05, 0) is 31.6 Å². The summed E-state index contributed by atoms with van der Waals surface area (Å²) >= 11 is 0. The van der Waals surface area contributed by atoms with Crippen LogP contribution >= 0.6 is 0 Å². The molecule has 1 saturated heterocycles. The summed E-state index contributed by atoms with van der Waals surface area (Å²) in [6.45, 7) is 4.51. The van der Waals surface area contributed by atoms with Crippen LogP contribution in [-0.2, 0) is 4.74 Å². The van der Waals surface area contributed by atoms with Crippen molar-refractivity contribution in [3.8, 4) is 0 Å². The van der Waals surface area contributed by atoms with Crippen LogP contribution in [0.1, 0.15) is 39.5 Å². The first-order chi connectivity index (χ1) is 4.72. The summed E-state index contributed by atoms with van der Waals surface area (Å²) in [4.78, 5) is 0. The van der Waals surface area contributed by atoms with Gasteiger partial charge in [0.1, 0.15) is 0 Å². The number of hydrogen-bond acceptors (Lipinski definition) is 1. The minimum absolute atomic E-state index is 0.398. The van der Waals surface area contributed by atoms with Crippen molar-refractivity contribution in [2.24, 2.45) is 5.92 Å². The molecule has 0 amide bonds. The van der Waals surface area contributed by atoms with E-state index in [1.165, 1.54) is 25.7 Å². The fraction of sp³-hybridized carbons (Fsp3) is 1.00. The largest absolute Gasteiger partial charge is 0.372 e. The summed E-state index contributed by atoms with van der Waals surface area (Å²) in [5.74, 6) is 0.722. The SMILES string of the molecule is CC(C)[C@@H]1CCC2(CC2)O1. The molecule has 0 bridgehead atoms. The van der Waals surface area contributed by atoms with Crippen LogP contribution < -0.4 is 0 Å². The molecule has 0 aromatic heterocycles. The highest BCUT2D eigenvalue weighted by Crippen LogP contribution is 2.50. The molecule has 2 rings (SSSR count). The molecule has 1 atom stereocenters. The third-order valence-electron chi connectivity index (χ3n) is 2.84. The molecule has 1 heteroatoms. The molecule has 2 fully saturated rings. The molecule has 1 spiro atoms. The second kappa shape index (κ2) is 1.97. The monoisotopic (exact) mass is 140 g/mol. The van der Waals surface area contributed by atoms with E-state index in [-0.39, 0.29) is 0 Å². The van der Waals surface area contributed by atoms with Crippen LogP contribution in [0.25, 0.3) is 0 Å². The maximum absolute atomic E-state index is 5.92. The van der Waals surface area contributed by atoms with Gasteiger partial charge in [-0.25, -0.2) is 0 Å². The first kappa shape index (κ1) is 6.66. The van der Waals surface area contributed by atoms with E-state index in [1.807, 2.05) is 0 Å². The van der Waals surface area contributed by atoms with Crippen molar-refractivity contribution in [1.29, 1.82) is 0 Å². The van der Waals surface area contributed by atoms with Gasteiger partial charge < -0.3 is 4.74 Å². The van der Waals surface area contributed by atoms with Gasteiger partial charge in [0.05, 0.1) is 11.7 Å². The molecule has 0 aromatic rings. The van der Waals surface area contributed by atoms with E-state index in [0.717, 1.165) is 5.92 Å². The van der Waals surface area contributed by atoms with E-state index in [4.69, 9.17) is 4.74 Å². The third-order valence-corrected chi connectivity index (χ3v) is 2.84. The fourth-order valence-corrected chi connectivity index (χ4v) is 1.82. The lowest BCUT2D eigenvalue weighted by Crippen LogP contribution is -2.16. The highest BCUT2D eigenvalue weighted by molar-refractivity contribution is 5.01. The third kappa shape index (κ3) is 0.968. The molecule has 1 nitrogen and oxygen atoms in total. The van der Waals surface area contributed by atoms with Gasteiger partial charge in [-0.15, -0.1) is 0 Å². The second-order valence-electron chi connectivity index (χ2n) is 4.12. The van der Waals surface area contributed by atoms with Crippen LogP contribution in [0.3, 0.4) is 0 Å². The molecule has 0 aromatic carbocycles. The highest BCUT2D eigenvalue weighted by atomic mass is 16.5. The number of hydrogen-bond donors (Lipinski definition) is 0. The van der Waals surface area contributed by atoms with Gasteiger partial charge in [-0.1, -0.05) is 13.8 Å². The predicted molar refractivity (Wildman–Crippen MR) is 40.9 cm³/mol. The zero-order valence-corrected chi connectivity index (χ0v) is 6.89. The Morgan fingerprint density at radius 2 is 2.00 bits per heavy atom. The maximum Gasteiger partial charge on any atom is 0.0689 e. The smallest absolute Gasteiger partial charge is 0.0689 e. The number of ether oxygens (including phenoxy) is 1. The molecule has 1 aliphatic carbocycles. The second-order valence-corrected chi connectivity index (χ2v) is 4.12. The minimum atomic E-state index is 0.398. The van der Waals surface area contributed by atoms with Gasteiger partial charge in [0.25, 0.3) is 0 Å². The van der Waals surface area contributed by atoms with Gasteiger partial charge in [0.2, 0.25) is 0 Å². The van der Waals surface area contributed by atoms with Crippen molar-refractivity contribution in [3.63, 3.8) is 0 Å². The van der Waals surface area contributed by atoms with Crippen LogP contribution in [0.15, 0.2) is 0 Å². The zero-order chi connectivity index (χ0) is 7.19. The Morgan fingerprint density at radius 3 is 2.30 bits per heavy atom. The summed E-state index contributed by atoms with van der Waals surface area (Å²) in [5, 5.41) is 0. The standard InChI is InChI=1S/C9H16O/c1-7(2)8-3-4-9(10-8)5-6-9/h7-8H,3-6H2,1-2H3/t8-/m0/s1. The van der Waals surface area contributed by atoms with Crippen molar-refractivity contribution in [2.45, 2.75) is 51.2 Å². The van der Waals surface area contributed by atoms with E-state index in [2.05, 4.69) is 13.8 Å². The summed E-state index contributed by atoms with van der Waals surface area (Å²) < 4.78 is 5.92. The first-order valence-electron chi connectivity index (χ1n) is 4.40. The zero-order valence-electron chi connectivity index (χ0n) is 6.89. The van der Waals surface area contributed by atoms with Crippen molar-refractivity contribution in [2.75, 3.05) is 0 Å². The molecular formula is C9H16O. The molecule has 2 aliphatic rings. The molecule has 1 heterocycles. The molecule has 1 saturated carbocycles. The first-order valence-corrected chi connectivity index (χ1v) is 4.40. The molecule has 10 heavy (non-hydrogen) atoms. The van der Waals surface area contributed by atoms with Gasteiger partial charge in [0, 0.05) is 0 Å². The van der Waals surface area contributed by atoms with E-state index in [9.17, 15) is 0 Å². The summed E-state index contributed by atoms with van der Waals surface area (Å²) in [5.41, 5.74) is 0.398. The molecule has 58 valence electrons. The molecule has 0 unspecified atom stereocenters. The van der Waals surface area contributed by atoms with Crippen LogP contribution in [0, 0.1) is 5.92 Å². The Morgan fingerprint density at radius 1 is 1.30 bits per heavy atom. The van der Waals surface area contributed by atoms with Gasteiger partial charge in [-0.2, -0.15) is 0 Å². The molecule has 1 aliphatic heterocycles. The maximum atomic E-state index is 5.92. The van der Waals surface area contributed by atoms with Crippen molar-refractivity contribution in [1.82, 2.24) is 0 Å². The summed E-state index contributed by atoms with van der Waals surface area (Å²) in [6.07, 6.45) is 5.86. The van der Waals surface area contributed by atoms with Crippen LogP contribution in [0.2, 0.25) is 0 Å². The van der Waals surface area contributed by atoms with Gasteiger partial charge >= 0.3 is 0 Å². The Balaban J connectivity index is 1.93. The quantitative estimate of drug-likeness (QED) is 0.543. The van der Waals surface area contributed by atoms with Crippen LogP contribution in [0.5, 0.6) is 0 Å². The molecule has 0 N–H and O–H groups in total. The fourth-order valence-electron chi connectivity index (χ4n) is 1.82. The molecule has 0 radical (unpaired) electrons. The Kier molecular flexibility index (Phi) is 1.31. The van der Waals surface area contributed by atoms with E-state index < -0.39 is 0 Å². The lowest BCUT2D eigenvalue weighted by Gasteiger charge is -2.15. The Hall–Kier alpha value is -0.0400. The Bertz CT molecular complexity index is 136. The lowest BCUT2D eigenvalue weighted by atomic mass is 10.0. The van der Waals surface area contributed by atoms with E-state index in [1.54, 1.807) is 0 Å². The summed E-state index contributed by atoms with van der Waals surface area (Å²) in [6, 6.07) is 0. The Labute approximate surface area is 62.8 Å². The minimum Gasteiger partial charge on any atom is -0.372 e. The normalized spacial score (nSPS) is 35.7. The average molecular weight is 140 g/mol. The topological polar surface area (TPSA) is 9.23 Å². The van der Waals surface area contributed by atoms with Crippen molar-refractivity contribution < 1.29 is 4.74 Å². The lowest BCUT2D eigenvalue weighted by molar-refractivity contribution is 0.00434. The van der Waals surface area contributed by atoms with E-state index in [0.29, 0.717) is 11.7 Å². The van der Waals surface area contributed by atoms with E-state index >= 15 is 0 Å². The molecular weight excluding hydrogens is 124 g/mol. The van der Waals surface area contributed by atoms with Crippen molar-refractivity contribution in [3.05, 3.63) is 0 Å². The van der Waals surface area contributed by atoms with Crippen molar-refractivity contribution >= 4 is 0 Å².